The molecular weight excluding hydrogens is 310 g/mol. The number of carboxylic acids is 1. The van der Waals surface area contributed by atoms with Gasteiger partial charge in [-0.15, -0.1) is 0 Å². The number of benzene rings is 1. The molecule has 2 aromatic heterocycles. The van der Waals surface area contributed by atoms with Crippen LogP contribution in [-0.4, -0.2) is 25.6 Å². The van der Waals surface area contributed by atoms with Crippen molar-refractivity contribution in [3.05, 3.63) is 53.2 Å². The second-order valence-electron chi connectivity index (χ2n) is 3.94. The normalized spacial score (nSPS) is 10.8. The molecule has 5 nitrogen and oxygen atoms in total. The number of imidazole rings is 1. The predicted octanol–water partition coefficient (Wildman–Crippen LogP) is 2.88. The minimum absolute atomic E-state index is 0.00574. The molecule has 3 aromatic rings. The van der Waals surface area contributed by atoms with Crippen molar-refractivity contribution >= 4 is 32.7 Å². The molecule has 0 aliphatic heterocycles. The van der Waals surface area contributed by atoms with Gasteiger partial charge in [0.05, 0.1) is 0 Å². The summed E-state index contributed by atoms with van der Waals surface area (Å²) in [5, 5.41) is 10.8. The Morgan fingerprint density at radius 3 is 2.79 bits per heavy atom. The first-order chi connectivity index (χ1) is 9.16. The minimum atomic E-state index is -1.06. The molecule has 2 heterocycles. The number of aromatic carboxylic acids is 1. The molecule has 0 fully saturated rings. The van der Waals surface area contributed by atoms with Crippen LogP contribution in [0.15, 0.2) is 47.5 Å². The standard InChI is InChI=1S/C13H8BrN3O2/c14-10-3-1-2-9-8(10)4-5-15-12(9)17-6-11(13(18)19)16-7-17/h1-7H,(H,18,19). The fourth-order valence-electron chi connectivity index (χ4n) is 1.91. The average molecular weight is 318 g/mol. The van der Waals surface area contributed by atoms with Crippen LogP contribution >= 0.6 is 15.9 Å². The zero-order valence-corrected chi connectivity index (χ0v) is 11.2. The highest BCUT2D eigenvalue weighted by Crippen LogP contribution is 2.26. The molecule has 0 unspecified atom stereocenters. The molecule has 1 N–H and O–H groups in total. The van der Waals surface area contributed by atoms with Gasteiger partial charge < -0.3 is 5.11 Å². The van der Waals surface area contributed by atoms with Gasteiger partial charge in [0.25, 0.3) is 0 Å². The van der Waals surface area contributed by atoms with Crippen molar-refractivity contribution in [1.29, 1.82) is 0 Å². The fourth-order valence-corrected chi connectivity index (χ4v) is 2.41. The van der Waals surface area contributed by atoms with Crippen LogP contribution in [-0.2, 0) is 0 Å². The van der Waals surface area contributed by atoms with Crippen LogP contribution < -0.4 is 0 Å². The number of hydrogen-bond acceptors (Lipinski definition) is 3. The first-order valence-corrected chi connectivity index (χ1v) is 6.27. The van der Waals surface area contributed by atoms with E-state index in [2.05, 4.69) is 25.9 Å². The molecule has 0 amide bonds. The third-order valence-electron chi connectivity index (χ3n) is 2.78. The van der Waals surface area contributed by atoms with E-state index in [0.29, 0.717) is 5.82 Å². The van der Waals surface area contributed by atoms with Crippen molar-refractivity contribution < 1.29 is 9.90 Å². The Morgan fingerprint density at radius 2 is 2.05 bits per heavy atom. The van der Waals surface area contributed by atoms with Crippen molar-refractivity contribution in [3.63, 3.8) is 0 Å². The number of hydrogen-bond donors (Lipinski definition) is 1. The summed E-state index contributed by atoms with van der Waals surface area (Å²) in [6, 6.07) is 7.69. The largest absolute Gasteiger partial charge is 0.476 e. The van der Waals surface area contributed by atoms with Gasteiger partial charge in [0, 0.05) is 27.6 Å². The number of halogens is 1. The van der Waals surface area contributed by atoms with Gasteiger partial charge in [0.15, 0.2) is 5.69 Å². The Morgan fingerprint density at radius 1 is 1.21 bits per heavy atom. The summed E-state index contributed by atoms with van der Waals surface area (Å²) in [5.41, 5.74) is -0.00574. The van der Waals surface area contributed by atoms with E-state index in [-0.39, 0.29) is 5.69 Å². The number of aromatic nitrogens is 3. The summed E-state index contributed by atoms with van der Waals surface area (Å²) < 4.78 is 2.57. The lowest BCUT2D eigenvalue weighted by molar-refractivity contribution is 0.0691. The molecule has 6 heteroatoms. The Balaban J connectivity index is 2.24. The number of fused-ring (bicyclic) bond motifs is 1. The van der Waals surface area contributed by atoms with Crippen LogP contribution in [0.1, 0.15) is 10.5 Å². The van der Waals surface area contributed by atoms with Gasteiger partial charge in [-0.25, -0.2) is 14.8 Å². The highest BCUT2D eigenvalue weighted by atomic mass is 79.9. The van der Waals surface area contributed by atoms with Crippen LogP contribution in [0.4, 0.5) is 0 Å². The number of carboxylic acid groups (broad SMARTS) is 1. The first kappa shape index (κ1) is 11.9. The predicted molar refractivity (Wildman–Crippen MR) is 73.5 cm³/mol. The van der Waals surface area contributed by atoms with E-state index >= 15 is 0 Å². The monoisotopic (exact) mass is 317 g/mol. The second kappa shape index (κ2) is 4.47. The maximum atomic E-state index is 10.9. The Bertz CT molecular complexity index is 782. The topological polar surface area (TPSA) is 68.0 Å². The molecule has 1 aromatic carbocycles. The summed E-state index contributed by atoms with van der Waals surface area (Å²) in [5.74, 6) is -0.404. The quantitative estimate of drug-likeness (QED) is 0.789. The lowest BCUT2D eigenvalue weighted by Crippen LogP contribution is -1.97. The van der Waals surface area contributed by atoms with Gasteiger partial charge in [-0.05, 0) is 12.1 Å². The lowest BCUT2D eigenvalue weighted by atomic mass is 10.1. The van der Waals surface area contributed by atoms with Crippen molar-refractivity contribution in [2.24, 2.45) is 0 Å². The molecule has 94 valence electrons. The van der Waals surface area contributed by atoms with Gasteiger partial charge in [-0.1, -0.05) is 28.1 Å². The van der Waals surface area contributed by atoms with Crippen LogP contribution in [0, 0.1) is 0 Å². The Labute approximate surface area is 116 Å². The maximum Gasteiger partial charge on any atom is 0.356 e. The van der Waals surface area contributed by atoms with Gasteiger partial charge in [-0.2, -0.15) is 0 Å². The van der Waals surface area contributed by atoms with Crippen molar-refractivity contribution in [2.45, 2.75) is 0 Å². The maximum absolute atomic E-state index is 10.9. The van der Waals surface area contributed by atoms with Crippen LogP contribution in [0.2, 0.25) is 0 Å². The number of nitrogens with zero attached hydrogens (tertiary/aromatic N) is 3. The first-order valence-electron chi connectivity index (χ1n) is 5.48. The van der Waals surface area contributed by atoms with Gasteiger partial charge in [0.1, 0.15) is 12.1 Å². The van der Waals surface area contributed by atoms with Crippen LogP contribution in [0.25, 0.3) is 16.6 Å². The molecule has 0 saturated heterocycles. The number of carbonyl (C=O) groups is 1. The van der Waals surface area contributed by atoms with Crippen LogP contribution in [0.3, 0.4) is 0 Å². The van der Waals surface area contributed by atoms with Gasteiger partial charge >= 0.3 is 5.97 Å². The van der Waals surface area contributed by atoms with Crippen molar-refractivity contribution in [3.8, 4) is 5.82 Å². The Hall–Kier alpha value is -2.21. The van der Waals surface area contributed by atoms with Crippen LogP contribution in [0.5, 0.6) is 0 Å². The highest BCUT2D eigenvalue weighted by molar-refractivity contribution is 9.10. The molecule has 19 heavy (non-hydrogen) atoms. The highest BCUT2D eigenvalue weighted by Gasteiger charge is 2.11. The lowest BCUT2D eigenvalue weighted by Gasteiger charge is -2.06. The third-order valence-corrected chi connectivity index (χ3v) is 3.47. The van der Waals surface area contributed by atoms with E-state index in [0.717, 1.165) is 15.2 Å². The Kier molecular flexibility index (Phi) is 2.79. The molecule has 3 rings (SSSR count). The molecule has 0 atom stereocenters. The summed E-state index contributed by atoms with van der Waals surface area (Å²) in [6.45, 7) is 0. The van der Waals surface area contributed by atoms with Crippen molar-refractivity contribution in [2.75, 3.05) is 0 Å². The van der Waals surface area contributed by atoms with Gasteiger partial charge in [0.2, 0.25) is 0 Å². The van der Waals surface area contributed by atoms with E-state index in [1.807, 2.05) is 24.3 Å². The molecular formula is C13H8BrN3O2. The smallest absolute Gasteiger partial charge is 0.356 e. The van der Waals surface area contributed by atoms with E-state index in [4.69, 9.17) is 5.11 Å². The summed E-state index contributed by atoms with van der Waals surface area (Å²) >= 11 is 3.49. The number of pyridine rings is 1. The molecule has 0 saturated carbocycles. The van der Waals surface area contributed by atoms with E-state index in [1.54, 1.807) is 10.8 Å². The van der Waals surface area contributed by atoms with Gasteiger partial charge in [-0.3, -0.25) is 4.57 Å². The average Bonchev–Trinajstić information content (AvgIpc) is 2.88. The molecule has 0 radical (unpaired) electrons. The molecule has 0 aliphatic rings. The van der Waals surface area contributed by atoms with E-state index < -0.39 is 5.97 Å². The summed E-state index contributed by atoms with van der Waals surface area (Å²) in [7, 11) is 0. The zero-order chi connectivity index (χ0) is 13.4. The van der Waals surface area contributed by atoms with E-state index in [1.165, 1.54) is 12.5 Å². The SMILES string of the molecule is O=C(O)c1cn(-c2nccc3c(Br)cccc23)cn1. The summed E-state index contributed by atoms with van der Waals surface area (Å²) in [6.07, 6.45) is 4.58. The molecule has 0 aliphatic carbocycles. The summed E-state index contributed by atoms with van der Waals surface area (Å²) in [4.78, 5) is 19.0. The third kappa shape index (κ3) is 2.00. The molecule has 0 spiro atoms. The number of rotatable bonds is 2. The molecule has 0 bridgehead atoms. The zero-order valence-electron chi connectivity index (χ0n) is 9.62. The fraction of sp³-hybridized carbons (Fsp3) is 0. The van der Waals surface area contributed by atoms with E-state index in [9.17, 15) is 4.79 Å². The minimum Gasteiger partial charge on any atom is -0.476 e. The van der Waals surface area contributed by atoms with Crippen molar-refractivity contribution in [1.82, 2.24) is 14.5 Å². The second-order valence-corrected chi connectivity index (χ2v) is 4.80.